The SMILES string of the molecule is O=C1OC(c2ccc(Cl)c([N+](=O)[O-])c2)=N/C1=C\c1cc(Br)c(OCc2cccc(I)c2)c(Br)c1. The van der Waals surface area contributed by atoms with Gasteiger partial charge in [-0.25, -0.2) is 9.79 Å². The zero-order chi connectivity index (χ0) is 24.4. The first-order valence-electron chi connectivity index (χ1n) is 9.54. The average molecular weight is 719 g/mol. The molecule has 0 amide bonds. The number of aliphatic imine (C=N–C) groups is 1. The van der Waals surface area contributed by atoms with Crippen LogP contribution in [0.2, 0.25) is 5.02 Å². The van der Waals surface area contributed by atoms with Crippen molar-refractivity contribution in [3.05, 3.63) is 105 Å². The molecule has 0 fully saturated rings. The number of benzene rings is 3. The predicted octanol–water partition coefficient (Wildman–Crippen LogP) is 7.30. The van der Waals surface area contributed by atoms with Gasteiger partial charge in [0.15, 0.2) is 5.70 Å². The summed E-state index contributed by atoms with van der Waals surface area (Å²) in [7, 11) is 0. The molecule has 172 valence electrons. The molecule has 0 unspecified atom stereocenters. The van der Waals surface area contributed by atoms with E-state index in [1.165, 1.54) is 18.2 Å². The zero-order valence-electron chi connectivity index (χ0n) is 16.9. The summed E-state index contributed by atoms with van der Waals surface area (Å²) in [5.74, 6) is -0.0851. The maximum Gasteiger partial charge on any atom is 0.363 e. The molecule has 1 aliphatic rings. The van der Waals surface area contributed by atoms with Crippen LogP contribution in [0.15, 0.2) is 74.2 Å². The van der Waals surface area contributed by atoms with Gasteiger partial charge in [0.25, 0.3) is 5.69 Å². The summed E-state index contributed by atoms with van der Waals surface area (Å²) in [5, 5.41) is 11.1. The van der Waals surface area contributed by atoms with E-state index in [1.807, 2.05) is 24.3 Å². The Kier molecular flexibility index (Phi) is 7.70. The minimum atomic E-state index is -0.668. The summed E-state index contributed by atoms with van der Waals surface area (Å²) in [6.45, 7) is 0.391. The van der Waals surface area contributed by atoms with Crippen molar-refractivity contribution in [3.8, 4) is 5.75 Å². The Labute approximate surface area is 229 Å². The summed E-state index contributed by atoms with van der Waals surface area (Å²) < 4.78 is 13.7. The topological polar surface area (TPSA) is 91.0 Å². The van der Waals surface area contributed by atoms with Gasteiger partial charge in [0.1, 0.15) is 17.4 Å². The fourth-order valence-corrected chi connectivity index (χ4v) is 5.30. The number of nitro benzene ring substituents is 1. The quantitative estimate of drug-likeness (QED) is 0.0878. The van der Waals surface area contributed by atoms with Crippen molar-refractivity contribution in [1.29, 1.82) is 0 Å². The summed E-state index contributed by atoms with van der Waals surface area (Å²) in [6, 6.07) is 15.6. The van der Waals surface area contributed by atoms with E-state index in [1.54, 1.807) is 18.2 Å². The van der Waals surface area contributed by atoms with Crippen LogP contribution in [0.5, 0.6) is 5.75 Å². The third kappa shape index (κ3) is 5.68. The molecule has 7 nitrogen and oxygen atoms in total. The second-order valence-electron chi connectivity index (χ2n) is 6.99. The van der Waals surface area contributed by atoms with Crippen LogP contribution >= 0.6 is 66.1 Å². The van der Waals surface area contributed by atoms with Gasteiger partial charge in [-0.2, -0.15) is 0 Å². The van der Waals surface area contributed by atoms with Gasteiger partial charge in [-0.15, -0.1) is 0 Å². The third-order valence-electron chi connectivity index (χ3n) is 4.61. The van der Waals surface area contributed by atoms with Crippen molar-refractivity contribution in [2.45, 2.75) is 6.61 Å². The lowest BCUT2D eigenvalue weighted by Gasteiger charge is -2.12. The molecule has 3 aromatic rings. The highest BCUT2D eigenvalue weighted by atomic mass is 127. The minimum Gasteiger partial charge on any atom is -0.487 e. The number of ether oxygens (including phenoxy) is 2. The Morgan fingerprint density at radius 3 is 2.56 bits per heavy atom. The highest BCUT2D eigenvalue weighted by Gasteiger charge is 2.26. The van der Waals surface area contributed by atoms with Gasteiger partial charge < -0.3 is 9.47 Å². The number of cyclic esters (lactones) is 1. The number of rotatable bonds is 6. The fourth-order valence-electron chi connectivity index (χ4n) is 3.06. The Bertz CT molecular complexity index is 1370. The van der Waals surface area contributed by atoms with Gasteiger partial charge in [0, 0.05) is 15.2 Å². The standard InChI is InChI=1S/C23H12Br2ClIN2O5/c24-16-7-13(8-17(25)21(16)33-11-12-2-1-3-15(27)6-12)9-19-23(30)34-22(28-19)14-4-5-18(26)20(10-14)29(31)32/h1-10H,11H2/b19-9-. The molecular weight excluding hydrogens is 706 g/mol. The number of hydrogen-bond donors (Lipinski definition) is 0. The van der Waals surface area contributed by atoms with Crippen LogP contribution in [0.25, 0.3) is 6.08 Å². The third-order valence-corrected chi connectivity index (χ3v) is 6.78. The van der Waals surface area contributed by atoms with Crippen molar-refractivity contribution in [2.75, 3.05) is 0 Å². The molecule has 0 saturated carbocycles. The first-order chi connectivity index (χ1) is 16.2. The van der Waals surface area contributed by atoms with Gasteiger partial charge in [-0.3, -0.25) is 10.1 Å². The fraction of sp³-hybridized carbons (Fsp3) is 0.0435. The number of carbonyl (C=O) groups excluding carboxylic acids is 1. The largest absolute Gasteiger partial charge is 0.487 e. The predicted molar refractivity (Wildman–Crippen MR) is 144 cm³/mol. The molecule has 34 heavy (non-hydrogen) atoms. The number of hydrogen-bond acceptors (Lipinski definition) is 6. The average Bonchev–Trinajstić information content (AvgIpc) is 3.13. The van der Waals surface area contributed by atoms with E-state index in [2.05, 4.69) is 59.4 Å². The lowest BCUT2D eigenvalue weighted by molar-refractivity contribution is -0.384. The van der Waals surface area contributed by atoms with Crippen LogP contribution < -0.4 is 4.74 Å². The molecule has 0 bridgehead atoms. The van der Waals surface area contributed by atoms with E-state index >= 15 is 0 Å². The smallest absolute Gasteiger partial charge is 0.363 e. The number of carbonyl (C=O) groups is 1. The van der Waals surface area contributed by atoms with Crippen LogP contribution in [0.3, 0.4) is 0 Å². The van der Waals surface area contributed by atoms with E-state index in [0.717, 1.165) is 9.13 Å². The summed E-state index contributed by atoms with van der Waals surface area (Å²) in [5.41, 5.74) is 1.73. The lowest BCUT2D eigenvalue weighted by Crippen LogP contribution is -2.06. The first kappa shape index (κ1) is 24.8. The molecule has 11 heteroatoms. The highest BCUT2D eigenvalue weighted by Crippen LogP contribution is 2.36. The maximum absolute atomic E-state index is 12.4. The second kappa shape index (κ2) is 10.5. The number of nitrogens with zero attached hydrogens (tertiary/aromatic N) is 2. The Hall–Kier alpha value is -2.28. The molecule has 0 spiro atoms. The maximum atomic E-state index is 12.4. The van der Waals surface area contributed by atoms with Crippen molar-refractivity contribution in [2.24, 2.45) is 4.99 Å². The van der Waals surface area contributed by atoms with Crippen LogP contribution in [-0.4, -0.2) is 16.8 Å². The molecule has 4 rings (SSSR count). The van der Waals surface area contributed by atoms with Crippen molar-refractivity contribution >= 4 is 89.7 Å². The molecule has 0 aliphatic carbocycles. The van der Waals surface area contributed by atoms with Crippen LogP contribution in [0.4, 0.5) is 5.69 Å². The van der Waals surface area contributed by atoms with Crippen molar-refractivity contribution in [3.63, 3.8) is 0 Å². The molecule has 1 aliphatic heterocycles. The normalized spacial score (nSPS) is 14.2. The molecule has 0 radical (unpaired) electrons. The lowest BCUT2D eigenvalue weighted by atomic mass is 10.2. The number of esters is 1. The van der Waals surface area contributed by atoms with Gasteiger partial charge in [-0.1, -0.05) is 23.7 Å². The summed E-state index contributed by atoms with van der Waals surface area (Å²) >= 11 is 15.1. The number of nitro groups is 1. The molecule has 0 saturated heterocycles. The Balaban J connectivity index is 1.57. The highest BCUT2D eigenvalue weighted by molar-refractivity contribution is 14.1. The molecule has 0 aromatic heterocycles. The summed E-state index contributed by atoms with van der Waals surface area (Å²) in [6.07, 6.45) is 1.55. The second-order valence-corrected chi connectivity index (χ2v) is 10.4. The Morgan fingerprint density at radius 1 is 1.15 bits per heavy atom. The minimum absolute atomic E-state index is 0.0200. The van der Waals surface area contributed by atoms with E-state index in [-0.39, 0.29) is 27.9 Å². The first-order valence-corrected chi connectivity index (χ1v) is 12.6. The van der Waals surface area contributed by atoms with Gasteiger partial charge in [0.2, 0.25) is 5.90 Å². The van der Waals surface area contributed by atoms with E-state index in [4.69, 9.17) is 21.1 Å². The monoisotopic (exact) mass is 716 g/mol. The van der Waals surface area contributed by atoms with Crippen molar-refractivity contribution < 1.29 is 19.2 Å². The van der Waals surface area contributed by atoms with E-state index < -0.39 is 10.9 Å². The van der Waals surface area contributed by atoms with E-state index in [9.17, 15) is 14.9 Å². The molecule has 1 heterocycles. The van der Waals surface area contributed by atoms with Gasteiger partial charge in [-0.05, 0) is 108 Å². The Morgan fingerprint density at radius 2 is 1.88 bits per heavy atom. The van der Waals surface area contributed by atoms with Gasteiger partial charge in [0.05, 0.1) is 13.9 Å². The zero-order valence-corrected chi connectivity index (χ0v) is 23.0. The molecule has 0 atom stereocenters. The summed E-state index contributed by atoms with van der Waals surface area (Å²) in [4.78, 5) is 27.1. The molecule has 0 N–H and O–H groups in total. The van der Waals surface area contributed by atoms with Crippen LogP contribution in [0, 0.1) is 13.7 Å². The van der Waals surface area contributed by atoms with Crippen molar-refractivity contribution in [1.82, 2.24) is 0 Å². The van der Waals surface area contributed by atoms with Crippen LogP contribution in [0.1, 0.15) is 16.7 Å². The van der Waals surface area contributed by atoms with E-state index in [0.29, 0.717) is 26.9 Å². The van der Waals surface area contributed by atoms with Crippen LogP contribution in [-0.2, 0) is 16.1 Å². The number of halogens is 4. The molecule has 3 aromatic carbocycles. The molecular formula is C23H12Br2ClIN2O5. The van der Waals surface area contributed by atoms with Gasteiger partial charge >= 0.3 is 5.97 Å².